The van der Waals surface area contributed by atoms with E-state index >= 15 is 0 Å². The molecule has 0 aliphatic carbocycles. The summed E-state index contributed by atoms with van der Waals surface area (Å²) in [7, 11) is 0. The van der Waals surface area contributed by atoms with Gasteiger partial charge in [-0.05, 0) is 49.7 Å². The maximum Gasteiger partial charge on any atom is 0.319 e. The van der Waals surface area contributed by atoms with E-state index in [1.807, 2.05) is 32.9 Å². The Morgan fingerprint density at radius 1 is 0.976 bits per heavy atom. The number of hydrogen-bond acceptors (Lipinski definition) is 11. The van der Waals surface area contributed by atoms with Crippen LogP contribution < -0.4 is 15.8 Å². The van der Waals surface area contributed by atoms with Crippen LogP contribution in [0.3, 0.4) is 0 Å². The van der Waals surface area contributed by atoms with Crippen molar-refractivity contribution in [2.45, 2.75) is 52.2 Å². The van der Waals surface area contributed by atoms with Crippen LogP contribution in [0, 0.1) is 5.82 Å². The summed E-state index contributed by atoms with van der Waals surface area (Å²) in [5.74, 6) is 0.0789. The molecular formula is C28H31FN6O6. The highest BCUT2D eigenvalue weighted by Gasteiger charge is 2.22. The molecule has 0 aliphatic heterocycles. The van der Waals surface area contributed by atoms with E-state index in [0.29, 0.717) is 29.4 Å². The van der Waals surface area contributed by atoms with Crippen LogP contribution in [0.15, 0.2) is 51.5 Å². The first-order chi connectivity index (χ1) is 19.7. The maximum absolute atomic E-state index is 14.8. The van der Waals surface area contributed by atoms with Gasteiger partial charge in [-0.3, -0.25) is 9.59 Å². The zero-order valence-corrected chi connectivity index (χ0v) is 23.1. The van der Waals surface area contributed by atoms with Crippen molar-refractivity contribution in [1.82, 2.24) is 25.6 Å². The molecule has 13 heteroatoms. The summed E-state index contributed by atoms with van der Waals surface area (Å²) in [5, 5.41) is 10.5. The Balaban J connectivity index is 1.40. The molecule has 0 bridgehead atoms. The van der Waals surface area contributed by atoms with Crippen molar-refractivity contribution in [3.8, 4) is 28.5 Å². The lowest BCUT2D eigenvalue weighted by Gasteiger charge is -2.14. The zero-order valence-electron chi connectivity index (χ0n) is 23.1. The average Bonchev–Trinajstić information content (AvgIpc) is 3.66. The van der Waals surface area contributed by atoms with Crippen LogP contribution in [0.4, 0.5) is 4.39 Å². The zero-order chi connectivity index (χ0) is 29.5. The monoisotopic (exact) mass is 566 g/mol. The number of rotatable bonds is 12. The van der Waals surface area contributed by atoms with E-state index in [-0.39, 0.29) is 36.3 Å². The molecule has 2 aromatic carbocycles. The highest BCUT2D eigenvalue weighted by Crippen LogP contribution is 2.28. The second-order valence-electron chi connectivity index (χ2n) is 9.56. The molecule has 1 amide bonds. The lowest BCUT2D eigenvalue weighted by atomic mass is 10.1. The number of nitrogens with zero attached hydrogens (tertiary/aromatic N) is 4. The minimum Gasteiger partial charge on any atom is -0.481 e. The standard InChI is InChI=1S/C28H31FN6O6/c1-5-22(39-19-9-6-17(7-10-19)24-32-27(15(2)3)40-34-24)28-33-25(35-41-28)18-8-11-20(21(29)12-18)26(37)31-16(4)14-38-23(36)13-30/h6-12,15-16,22H,5,13-14,30H2,1-4H3,(H,31,37)/t16-,22?/m0/s1. The van der Waals surface area contributed by atoms with Gasteiger partial charge in [0.25, 0.3) is 11.8 Å². The Kier molecular flexibility index (Phi) is 9.40. The quantitative estimate of drug-likeness (QED) is 0.236. The molecule has 4 rings (SSSR count). The molecule has 216 valence electrons. The third-order valence-corrected chi connectivity index (χ3v) is 5.92. The molecule has 0 saturated carbocycles. The van der Waals surface area contributed by atoms with E-state index in [0.717, 1.165) is 11.6 Å². The predicted octanol–water partition coefficient (Wildman–Crippen LogP) is 4.20. The number of nitrogens with one attached hydrogen (secondary N) is 1. The van der Waals surface area contributed by atoms with Crippen molar-refractivity contribution in [3.05, 3.63) is 65.6 Å². The smallest absolute Gasteiger partial charge is 0.319 e. The summed E-state index contributed by atoms with van der Waals surface area (Å²) >= 11 is 0. The second-order valence-corrected chi connectivity index (χ2v) is 9.56. The summed E-state index contributed by atoms with van der Waals surface area (Å²) in [4.78, 5) is 32.4. The van der Waals surface area contributed by atoms with Gasteiger partial charge in [0.2, 0.25) is 17.5 Å². The van der Waals surface area contributed by atoms with Crippen molar-refractivity contribution in [2.24, 2.45) is 5.73 Å². The van der Waals surface area contributed by atoms with Crippen LogP contribution in [-0.4, -0.2) is 51.4 Å². The highest BCUT2D eigenvalue weighted by atomic mass is 19.1. The van der Waals surface area contributed by atoms with Gasteiger partial charge in [-0.15, -0.1) is 0 Å². The Morgan fingerprint density at radius 2 is 1.61 bits per heavy atom. The first-order valence-electron chi connectivity index (χ1n) is 13.1. The molecule has 0 spiro atoms. The van der Waals surface area contributed by atoms with Gasteiger partial charge in [0, 0.05) is 17.0 Å². The summed E-state index contributed by atoms with van der Waals surface area (Å²) in [6.07, 6.45) is -0.0253. The van der Waals surface area contributed by atoms with Gasteiger partial charge in [-0.2, -0.15) is 9.97 Å². The Morgan fingerprint density at radius 3 is 2.22 bits per heavy atom. The van der Waals surface area contributed by atoms with Crippen molar-refractivity contribution in [3.63, 3.8) is 0 Å². The molecule has 0 radical (unpaired) electrons. The van der Waals surface area contributed by atoms with E-state index in [2.05, 4.69) is 25.6 Å². The lowest BCUT2D eigenvalue weighted by Crippen LogP contribution is -2.37. The number of nitrogens with two attached hydrogens (primary N) is 1. The molecule has 3 N–H and O–H groups in total. The van der Waals surface area contributed by atoms with E-state index in [1.54, 1.807) is 19.1 Å². The maximum atomic E-state index is 14.8. The Bertz CT molecular complexity index is 1490. The van der Waals surface area contributed by atoms with Gasteiger partial charge in [0.1, 0.15) is 18.2 Å². The van der Waals surface area contributed by atoms with Crippen LogP contribution in [0.25, 0.3) is 22.8 Å². The van der Waals surface area contributed by atoms with E-state index in [1.165, 1.54) is 12.1 Å². The van der Waals surface area contributed by atoms with Gasteiger partial charge >= 0.3 is 5.97 Å². The van der Waals surface area contributed by atoms with Gasteiger partial charge in [0.15, 0.2) is 6.10 Å². The fraction of sp³-hybridized carbons (Fsp3) is 0.357. The lowest BCUT2D eigenvalue weighted by molar-refractivity contribution is -0.142. The van der Waals surface area contributed by atoms with Crippen molar-refractivity contribution in [1.29, 1.82) is 0 Å². The number of benzene rings is 2. The number of ether oxygens (including phenoxy) is 2. The van der Waals surface area contributed by atoms with Crippen LogP contribution in [-0.2, 0) is 9.53 Å². The summed E-state index contributed by atoms with van der Waals surface area (Å²) in [5.41, 5.74) is 6.10. The molecule has 2 atom stereocenters. The number of hydrogen-bond donors (Lipinski definition) is 2. The fourth-order valence-corrected chi connectivity index (χ4v) is 3.68. The minimum atomic E-state index is -0.775. The second kappa shape index (κ2) is 13.1. The van der Waals surface area contributed by atoms with Gasteiger partial charge in [-0.1, -0.05) is 37.2 Å². The number of halogens is 1. The fourth-order valence-electron chi connectivity index (χ4n) is 3.68. The molecule has 12 nitrogen and oxygen atoms in total. The summed E-state index contributed by atoms with van der Waals surface area (Å²) < 4.78 is 36.5. The normalized spacial score (nSPS) is 12.7. The molecule has 4 aromatic rings. The molecule has 0 aliphatic rings. The Hall–Kier alpha value is -4.65. The molecular weight excluding hydrogens is 535 g/mol. The molecule has 2 heterocycles. The predicted molar refractivity (Wildman–Crippen MR) is 144 cm³/mol. The van der Waals surface area contributed by atoms with Crippen molar-refractivity contribution >= 4 is 11.9 Å². The van der Waals surface area contributed by atoms with Crippen LogP contribution in [0.2, 0.25) is 0 Å². The van der Waals surface area contributed by atoms with Gasteiger partial charge < -0.3 is 29.6 Å². The number of carbonyl (C=O) groups is 2. The van der Waals surface area contributed by atoms with Crippen LogP contribution in [0.5, 0.6) is 5.75 Å². The van der Waals surface area contributed by atoms with Crippen LogP contribution in [0.1, 0.15) is 68.3 Å². The number of carbonyl (C=O) groups excluding carboxylic acids is 2. The number of esters is 1. The van der Waals surface area contributed by atoms with Crippen LogP contribution >= 0.6 is 0 Å². The SMILES string of the molecule is CCC(Oc1ccc(-c2noc(C(C)C)n2)cc1)c1nc(-c2ccc(C(=O)N[C@@H](C)COC(=O)CN)c(F)c2)no1. The highest BCUT2D eigenvalue weighted by molar-refractivity contribution is 5.95. The van der Waals surface area contributed by atoms with E-state index in [4.69, 9.17) is 24.3 Å². The van der Waals surface area contributed by atoms with E-state index in [9.17, 15) is 14.0 Å². The average molecular weight is 567 g/mol. The molecule has 2 aromatic heterocycles. The largest absolute Gasteiger partial charge is 0.481 e. The summed E-state index contributed by atoms with van der Waals surface area (Å²) in [6, 6.07) is 10.6. The number of aromatic nitrogens is 4. The van der Waals surface area contributed by atoms with E-state index < -0.39 is 29.8 Å². The Labute approximate surface area is 235 Å². The third-order valence-electron chi connectivity index (χ3n) is 5.92. The minimum absolute atomic E-state index is 0.0874. The topological polar surface area (TPSA) is 168 Å². The molecule has 1 unspecified atom stereocenters. The number of amides is 1. The van der Waals surface area contributed by atoms with Gasteiger partial charge in [0.05, 0.1) is 18.2 Å². The summed E-state index contributed by atoms with van der Waals surface area (Å²) in [6.45, 7) is 7.11. The first-order valence-corrected chi connectivity index (χ1v) is 13.1. The molecule has 41 heavy (non-hydrogen) atoms. The van der Waals surface area contributed by atoms with Gasteiger partial charge in [-0.25, -0.2) is 4.39 Å². The van der Waals surface area contributed by atoms with Crippen molar-refractivity contribution in [2.75, 3.05) is 13.2 Å². The van der Waals surface area contributed by atoms with Crippen molar-refractivity contribution < 1.29 is 32.5 Å². The molecule has 0 saturated heterocycles. The first kappa shape index (κ1) is 29.3. The molecule has 0 fully saturated rings. The third kappa shape index (κ3) is 7.31.